The van der Waals surface area contributed by atoms with Gasteiger partial charge in [-0.1, -0.05) is 18.2 Å². The highest BCUT2D eigenvalue weighted by atomic mass is 19.1. The van der Waals surface area contributed by atoms with E-state index >= 15 is 0 Å². The Hall–Kier alpha value is -3.94. The molecule has 8 heteroatoms. The van der Waals surface area contributed by atoms with Gasteiger partial charge in [0.05, 0.1) is 16.8 Å². The van der Waals surface area contributed by atoms with Crippen LogP contribution in [-0.4, -0.2) is 16.4 Å². The number of ether oxygens (including phenoxy) is 1. The lowest BCUT2D eigenvalue weighted by Crippen LogP contribution is -2.24. The largest absolute Gasteiger partial charge is 0.455 e. The van der Waals surface area contributed by atoms with Gasteiger partial charge in [0.25, 0.3) is 17.4 Å². The van der Waals surface area contributed by atoms with E-state index in [1.165, 1.54) is 18.2 Å². The van der Waals surface area contributed by atoms with Gasteiger partial charge in [0.2, 0.25) is 0 Å². The topological polar surface area (TPSA) is 103 Å². The summed E-state index contributed by atoms with van der Waals surface area (Å²) in [4.78, 5) is 36.4. The van der Waals surface area contributed by atoms with Gasteiger partial charge in [-0.05, 0) is 24.3 Å². The van der Waals surface area contributed by atoms with Crippen LogP contribution in [0.1, 0.15) is 20.7 Å². The fraction of sp³-hybridized carbons (Fsp3) is 0. The van der Waals surface area contributed by atoms with Crippen LogP contribution >= 0.6 is 0 Å². The number of halogens is 1. The molecule has 3 N–H and O–H groups in total. The Balaban J connectivity index is 1.89. The van der Waals surface area contributed by atoms with E-state index in [4.69, 9.17) is 10.5 Å². The summed E-state index contributed by atoms with van der Waals surface area (Å²) < 4.78 is 20.2. The number of amides is 2. The molecule has 1 aliphatic heterocycles. The van der Waals surface area contributed by atoms with Crippen molar-refractivity contribution in [1.29, 1.82) is 0 Å². The first-order valence-electron chi connectivity index (χ1n) is 7.90. The summed E-state index contributed by atoms with van der Waals surface area (Å²) in [5.74, 6) is -1.56. The highest BCUT2D eigenvalue weighted by molar-refractivity contribution is 6.23. The minimum absolute atomic E-state index is 0.0673. The number of fused-ring (bicyclic) bond motifs is 1. The second-order valence-electron chi connectivity index (χ2n) is 5.80. The molecule has 0 aliphatic carbocycles. The third-order valence-corrected chi connectivity index (χ3v) is 4.08. The molecule has 0 fully saturated rings. The average molecular weight is 365 g/mol. The number of nitrogens with one attached hydrogen (secondary N) is 1. The first-order chi connectivity index (χ1) is 13.0. The third-order valence-electron chi connectivity index (χ3n) is 4.08. The van der Waals surface area contributed by atoms with E-state index in [1.54, 1.807) is 30.3 Å². The van der Waals surface area contributed by atoms with Crippen LogP contribution in [0, 0.1) is 5.82 Å². The molecule has 0 spiro atoms. The Morgan fingerprint density at radius 2 is 1.74 bits per heavy atom. The molecule has 0 unspecified atom stereocenters. The average Bonchev–Trinajstić information content (AvgIpc) is 2.90. The fourth-order valence-corrected chi connectivity index (χ4v) is 2.91. The van der Waals surface area contributed by atoms with Gasteiger partial charge in [-0.2, -0.15) is 0 Å². The van der Waals surface area contributed by atoms with Gasteiger partial charge in [0, 0.05) is 12.1 Å². The highest BCUT2D eigenvalue weighted by Crippen LogP contribution is 2.31. The summed E-state index contributed by atoms with van der Waals surface area (Å²) in [7, 11) is 0. The minimum Gasteiger partial charge on any atom is -0.455 e. The summed E-state index contributed by atoms with van der Waals surface area (Å²) in [5, 5.41) is 2.11. The predicted octanol–water partition coefficient (Wildman–Crippen LogP) is 2.23. The molecule has 2 amide bonds. The maximum atomic E-state index is 13.4. The maximum Gasteiger partial charge on any atom is 0.262 e. The number of carbonyl (C=O) groups excluding carboxylic acids is 2. The van der Waals surface area contributed by atoms with E-state index in [2.05, 4.69) is 5.32 Å². The number of nitrogens with zero attached hydrogens (tertiary/aromatic N) is 1. The van der Waals surface area contributed by atoms with Crippen molar-refractivity contribution in [3.8, 4) is 17.2 Å². The summed E-state index contributed by atoms with van der Waals surface area (Å²) in [6.45, 7) is 0. The van der Waals surface area contributed by atoms with E-state index in [0.717, 1.165) is 10.6 Å². The van der Waals surface area contributed by atoms with Gasteiger partial charge in [-0.15, -0.1) is 0 Å². The van der Waals surface area contributed by atoms with Crippen LogP contribution in [0.3, 0.4) is 0 Å². The number of hydrogen-bond donors (Lipinski definition) is 2. The van der Waals surface area contributed by atoms with Crippen molar-refractivity contribution in [2.45, 2.75) is 0 Å². The van der Waals surface area contributed by atoms with Crippen molar-refractivity contribution in [3.05, 3.63) is 81.9 Å². The van der Waals surface area contributed by atoms with Crippen LogP contribution in [0.4, 0.5) is 10.2 Å². The van der Waals surface area contributed by atoms with E-state index in [1.807, 2.05) is 0 Å². The van der Waals surface area contributed by atoms with Crippen molar-refractivity contribution in [2.75, 3.05) is 5.73 Å². The molecule has 1 aromatic heterocycles. The van der Waals surface area contributed by atoms with E-state index in [-0.39, 0.29) is 34.1 Å². The molecule has 0 atom stereocenters. The minimum atomic E-state index is -0.676. The maximum absolute atomic E-state index is 13.4. The van der Waals surface area contributed by atoms with Crippen molar-refractivity contribution in [2.24, 2.45) is 0 Å². The standard InChI is InChI=1S/C19H12FN3O4/c20-10-4-3-5-11(8-10)27-14-7-2-1-6-13(14)23-15(24)9-12-16(17(23)21)19(26)22-18(12)25/h1-9H,21H2,(H,22,25,26). The summed E-state index contributed by atoms with van der Waals surface area (Å²) >= 11 is 0. The molecule has 0 radical (unpaired) electrons. The van der Waals surface area contributed by atoms with Gasteiger partial charge in [0.15, 0.2) is 5.75 Å². The van der Waals surface area contributed by atoms with Gasteiger partial charge in [-0.25, -0.2) is 4.39 Å². The predicted molar refractivity (Wildman–Crippen MR) is 94.7 cm³/mol. The zero-order valence-electron chi connectivity index (χ0n) is 13.7. The van der Waals surface area contributed by atoms with Gasteiger partial charge in [-0.3, -0.25) is 24.3 Å². The second-order valence-corrected chi connectivity index (χ2v) is 5.80. The van der Waals surface area contributed by atoms with Crippen LogP contribution in [0.2, 0.25) is 0 Å². The number of hydrogen-bond acceptors (Lipinski definition) is 5. The van der Waals surface area contributed by atoms with Gasteiger partial charge in [0.1, 0.15) is 17.4 Å². The monoisotopic (exact) mass is 365 g/mol. The summed E-state index contributed by atoms with van der Waals surface area (Å²) in [6, 6.07) is 13.0. The quantitative estimate of drug-likeness (QED) is 0.693. The SMILES string of the molecule is Nc1c2c(cc(=O)n1-c1ccccc1Oc1cccc(F)c1)C(=O)NC2=O. The van der Waals surface area contributed by atoms with Crippen LogP contribution in [0.25, 0.3) is 5.69 Å². The molecule has 0 saturated carbocycles. The fourth-order valence-electron chi connectivity index (χ4n) is 2.91. The third kappa shape index (κ3) is 2.73. The molecular formula is C19H12FN3O4. The van der Waals surface area contributed by atoms with Crippen LogP contribution in [0.15, 0.2) is 59.4 Å². The van der Waals surface area contributed by atoms with Crippen LogP contribution < -0.4 is 21.3 Å². The number of benzene rings is 2. The van der Waals surface area contributed by atoms with E-state index < -0.39 is 23.2 Å². The number of rotatable bonds is 3. The zero-order valence-corrected chi connectivity index (χ0v) is 13.7. The molecule has 1 aliphatic rings. The molecular weight excluding hydrogens is 353 g/mol. The number of nitrogens with two attached hydrogens (primary N) is 1. The molecule has 2 heterocycles. The second kappa shape index (κ2) is 6.10. The summed E-state index contributed by atoms with van der Waals surface area (Å²) in [5.41, 5.74) is 5.55. The lowest BCUT2D eigenvalue weighted by molar-refractivity contribution is 0.0880. The Morgan fingerprint density at radius 3 is 2.52 bits per heavy atom. The number of para-hydroxylation sites is 2. The number of nitrogen functional groups attached to an aromatic ring is 1. The van der Waals surface area contributed by atoms with E-state index in [0.29, 0.717) is 0 Å². The Bertz CT molecular complexity index is 1170. The molecule has 3 aromatic rings. The van der Waals surface area contributed by atoms with Crippen molar-refractivity contribution >= 4 is 17.6 Å². The Morgan fingerprint density at radius 1 is 0.963 bits per heavy atom. The summed E-state index contributed by atoms with van der Waals surface area (Å²) in [6.07, 6.45) is 0. The van der Waals surface area contributed by atoms with Crippen molar-refractivity contribution in [3.63, 3.8) is 0 Å². The molecule has 0 bridgehead atoms. The number of carbonyl (C=O) groups is 2. The van der Waals surface area contributed by atoms with E-state index in [9.17, 15) is 18.8 Å². The lowest BCUT2D eigenvalue weighted by Gasteiger charge is -2.16. The van der Waals surface area contributed by atoms with Crippen molar-refractivity contribution in [1.82, 2.24) is 9.88 Å². The number of aromatic nitrogens is 1. The number of imide groups is 1. The van der Waals surface area contributed by atoms with Crippen LogP contribution in [0.5, 0.6) is 11.5 Å². The zero-order chi connectivity index (χ0) is 19.1. The number of anilines is 1. The highest BCUT2D eigenvalue weighted by Gasteiger charge is 2.32. The molecule has 27 heavy (non-hydrogen) atoms. The van der Waals surface area contributed by atoms with Crippen LogP contribution in [-0.2, 0) is 0 Å². The van der Waals surface area contributed by atoms with Crippen molar-refractivity contribution < 1.29 is 18.7 Å². The molecule has 2 aromatic carbocycles. The number of pyridine rings is 1. The smallest absolute Gasteiger partial charge is 0.262 e. The molecule has 7 nitrogen and oxygen atoms in total. The lowest BCUT2D eigenvalue weighted by atomic mass is 10.1. The first-order valence-corrected chi connectivity index (χ1v) is 7.90. The normalized spacial score (nSPS) is 12.6. The molecule has 4 rings (SSSR count). The van der Waals surface area contributed by atoms with Gasteiger partial charge >= 0.3 is 0 Å². The Labute approximate surface area is 151 Å². The molecule has 0 saturated heterocycles. The van der Waals surface area contributed by atoms with Gasteiger partial charge < -0.3 is 10.5 Å². The Kier molecular flexibility index (Phi) is 3.73. The molecule has 134 valence electrons. The first kappa shape index (κ1) is 16.5.